The molecule has 1 saturated carbocycles. The molecule has 0 spiro atoms. The van der Waals surface area contributed by atoms with Crippen LogP contribution in [0.3, 0.4) is 0 Å². The van der Waals surface area contributed by atoms with E-state index in [4.69, 9.17) is 9.72 Å². The van der Waals surface area contributed by atoms with Gasteiger partial charge in [-0.25, -0.2) is 29.1 Å². The highest BCUT2D eigenvalue weighted by atomic mass is 19.1. The van der Waals surface area contributed by atoms with Gasteiger partial charge in [-0.3, -0.25) is 0 Å². The van der Waals surface area contributed by atoms with E-state index in [2.05, 4.69) is 25.3 Å². The monoisotopic (exact) mass is 395 g/mol. The van der Waals surface area contributed by atoms with Gasteiger partial charge in [0.15, 0.2) is 11.5 Å². The van der Waals surface area contributed by atoms with Gasteiger partial charge in [0.05, 0.1) is 30.5 Å². The van der Waals surface area contributed by atoms with Crippen LogP contribution in [0.25, 0.3) is 22.2 Å². The number of ether oxygens (including phenoxy) is 1. The zero-order valence-electron chi connectivity index (χ0n) is 15.8. The van der Waals surface area contributed by atoms with Crippen LogP contribution in [0.5, 0.6) is 0 Å². The first-order valence-corrected chi connectivity index (χ1v) is 9.27. The molecular formula is C19H18FN7O2. The van der Waals surface area contributed by atoms with E-state index in [0.29, 0.717) is 33.8 Å². The smallest absolute Gasteiger partial charge is 0.343 e. The van der Waals surface area contributed by atoms with E-state index < -0.39 is 11.8 Å². The minimum absolute atomic E-state index is 0.0826. The predicted molar refractivity (Wildman–Crippen MR) is 103 cm³/mol. The number of imidazole rings is 2. The first kappa shape index (κ1) is 17.5. The van der Waals surface area contributed by atoms with Crippen molar-refractivity contribution < 1.29 is 13.9 Å². The number of methoxy groups -OCH3 is 1. The third-order valence-corrected chi connectivity index (χ3v) is 5.09. The number of esters is 1. The Morgan fingerprint density at radius 2 is 2.17 bits per heavy atom. The van der Waals surface area contributed by atoms with Crippen LogP contribution < -0.4 is 5.32 Å². The minimum Gasteiger partial charge on any atom is -0.465 e. The van der Waals surface area contributed by atoms with Gasteiger partial charge in [0.2, 0.25) is 0 Å². The van der Waals surface area contributed by atoms with Gasteiger partial charge in [-0.05, 0) is 31.9 Å². The number of carbonyl (C=O) groups excluding carboxylic acids is 1. The molecule has 5 rings (SSSR count). The Morgan fingerprint density at radius 1 is 1.34 bits per heavy atom. The Morgan fingerprint density at radius 3 is 2.93 bits per heavy atom. The van der Waals surface area contributed by atoms with Crippen LogP contribution in [0.4, 0.5) is 10.2 Å². The Hall–Kier alpha value is -3.56. The molecule has 4 aromatic rings. The van der Waals surface area contributed by atoms with Gasteiger partial charge in [0.1, 0.15) is 29.0 Å². The maximum Gasteiger partial charge on any atom is 0.343 e. The minimum atomic E-state index is -0.711. The largest absolute Gasteiger partial charge is 0.465 e. The zero-order valence-corrected chi connectivity index (χ0v) is 15.8. The van der Waals surface area contributed by atoms with Crippen LogP contribution in [0.15, 0.2) is 24.8 Å². The molecule has 0 bridgehead atoms. The lowest BCUT2D eigenvalue weighted by Crippen LogP contribution is -2.15. The average Bonchev–Trinajstić information content (AvgIpc) is 3.30. The van der Waals surface area contributed by atoms with Gasteiger partial charge in [-0.2, -0.15) is 0 Å². The van der Waals surface area contributed by atoms with Gasteiger partial charge >= 0.3 is 5.97 Å². The standard InChI is InChI=1S/C19H18FN7O2/c1-9(25-17-14-16(22-7-21-14)23-8-24-17)18-26-12-6-5-11(20)13(19(28)29-2)15(12)27(18)10-3-4-10/h5-10H,3-4H2,1-2H3,(H2,21,22,23,24,25)/t9-/m0/s1. The fraction of sp³-hybridized carbons (Fsp3) is 0.316. The molecule has 9 nitrogen and oxygen atoms in total. The number of benzene rings is 1. The summed E-state index contributed by atoms with van der Waals surface area (Å²) in [6.07, 6.45) is 4.88. The van der Waals surface area contributed by atoms with E-state index in [-0.39, 0.29) is 17.6 Å². The van der Waals surface area contributed by atoms with Crippen molar-refractivity contribution >= 4 is 34.0 Å². The summed E-state index contributed by atoms with van der Waals surface area (Å²) in [6.45, 7) is 1.94. The average molecular weight is 395 g/mol. The lowest BCUT2D eigenvalue weighted by molar-refractivity contribution is 0.0597. The molecule has 148 valence electrons. The molecule has 2 N–H and O–H groups in total. The highest BCUT2D eigenvalue weighted by Gasteiger charge is 2.33. The van der Waals surface area contributed by atoms with Gasteiger partial charge in [-0.1, -0.05) is 0 Å². The number of anilines is 1. The summed E-state index contributed by atoms with van der Waals surface area (Å²) in [7, 11) is 1.24. The summed E-state index contributed by atoms with van der Waals surface area (Å²) in [4.78, 5) is 32.6. The molecule has 29 heavy (non-hydrogen) atoms. The number of aromatic nitrogens is 6. The van der Waals surface area contributed by atoms with Gasteiger partial charge < -0.3 is 19.6 Å². The van der Waals surface area contributed by atoms with Crippen LogP contribution in [0, 0.1) is 5.82 Å². The topological polar surface area (TPSA) is 111 Å². The zero-order chi connectivity index (χ0) is 20.1. The summed E-state index contributed by atoms with van der Waals surface area (Å²) in [6, 6.07) is 2.74. The molecule has 0 radical (unpaired) electrons. The summed E-state index contributed by atoms with van der Waals surface area (Å²) >= 11 is 0. The van der Waals surface area contributed by atoms with Gasteiger partial charge in [0.25, 0.3) is 0 Å². The third kappa shape index (κ3) is 2.79. The van der Waals surface area contributed by atoms with Gasteiger partial charge in [0, 0.05) is 6.04 Å². The quantitative estimate of drug-likeness (QED) is 0.500. The van der Waals surface area contributed by atoms with Crippen molar-refractivity contribution in [1.29, 1.82) is 0 Å². The first-order chi connectivity index (χ1) is 14.1. The fourth-order valence-electron chi connectivity index (χ4n) is 3.63. The second-order valence-electron chi connectivity index (χ2n) is 7.04. The SMILES string of the molecule is COC(=O)c1c(F)ccc2nc([C@H](C)Nc3ncnc4nc[nH]c34)n(C3CC3)c12. The van der Waals surface area contributed by atoms with Crippen molar-refractivity contribution in [2.75, 3.05) is 12.4 Å². The fourth-order valence-corrected chi connectivity index (χ4v) is 3.63. The number of H-pyrrole nitrogens is 1. The first-order valence-electron chi connectivity index (χ1n) is 9.27. The van der Waals surface area contributed by atoms with Crippen LogP contribution in [0.1, 0.15) is 48.0 Å². The van der Waals surface area contributed by atoms with Crippen molar-refractivity contribution in [3.63, 3.8) is 0 Å². The molecule has 0 aliphatic heterocycles. The number of hydrogen-bond donors (Lipinski definition) is 2. The second kappa shape index (κ2) is 6.50. The highest BCUT2D eigenvalue weighted by molar-refractivity contribution is 6.02. The third-order valence-electron chi connectivity index (χ3n) is 5.09. The molecule has 3 heterocycles. The number of aromatic amines is 1. The summed E-state index contributed by atoms with van der Waals surface area (Å²) < 4.78 is 21.3. The van der Waals surface area contributed by atoms with Gasteiger partial charge in [-0.15, -0.1) is 0 Å². The van der Waals surface area contributed by atoms with Crippen molar-refractivity contribution in [2.45, 2.75) is 31.8 Å². The maximum atomic E-state index is 14.5. The van der Waals surface area contributed by atoms with E-state index in [1.165, 1.54) is 19.5 Å². The summed E-state index contributed by atoms with van der Waals surface area (Å²) in [5.41, 5.74) is 2.19. The predicted octanol–water partition coefficient (Wildman–Crippen LogP) is 3.14. The maximum absolute atomic E-state index is 14.5. The Kier molecular flexibility index (Phi) is 3.93. The molecule has 0 unspecified atom stereocenters. The molecule has 1 aliphatic carbocycles. The normalized spacial score (nSPS) is 15.0. The van der Waals surface area contributed by atoms with Crippen LogP contribution >= 0.6 is 0 Å². The van der Waals surface area contributed by atoms with Crippen molar-refractivity contribution in [2.24, 2.45) is 0 Å². The lowest BCUT2D eigenvalue weighted by atomic mass is 10.1. The molecule has 0 amide bonds. The van der Waals surface area contributed by atoms with E-state index in [1.807, 2.05) is 11.5 Å². The van der Waals surface area contributed by atoms with E-state index in [9.17, 15) is 9.18 Å². The summed E-state index contributed by atoms with van der Waals surface area (Å²) in [5, 5.41) is 3.33. The number of carbonyl (C=O) groups is 1. The molecular weight excluding hydrogens is 377 g/mol. The number of halogens is 1. The van der Waals surface area contributed by atoms with Crippen LogP contribution in [-0.4, -0.2) is 42.6 Å². The lowest BCUT2D eigenvalue weighted by Gasteiger charge is -2.17. The Bertz CT molecular complexity index is 1240. The molecule has 1 fully saturated rings. The second-order valence-corrected chi connectivity index (χ2v) is 7.04. The molecule has 3 aromatic heterocycles. The number of fused-ring (bicyclic) bond motifs is 2. The number of nitrogens with one attached hydrogen (secondary N) is 2. The number of nitrogens with zero attached hydrogens (tertiary/aromatic N) is 5. The molecule has 0 saturated heterocycles. The van der Waals surface area contributed by atoms with E-state index >= 15 is 0 Å². The van der Waals surface area contributed by atoms with Crippen LogP contribution in [-0.2, 0) is 4.74 Å². The van der Waals surface area contributed by atoms with Crippen molar-refractivity contribution in [3.8, 4) is 0 Å². The number of hydrogen-bond acceptors (Lipinski definition) is 7. The molecule has 1 aliphatic rings. The van der Waals surface area contributed by atoms with E-state index in [1.54, 1.807) is 12.4 Å². The van der Waals surface area contributed by atoms with Crippen LogP contribution in [0.2, 0.25) is 0 Å². The Balaban J connectivity index is 1.64. The summed E-state index contributed by atoms with van der Waals surface area (Å²) in [5.74, 6) is -0.0383. The van der Waals surface area contributed by atoms with Crippen molar-refractivity contribution in [1.82, 2.24) is 29.5 Å². The van der Waals surface area contributed by atoms with E-state index in [0.717, 1.165) is 12.8 Å². The number of rotatable bonds is 5. The molecule has 1 atom stereocenters. The molecule has 10 heteroatoms. The highest BCUT2D eigenvalue weighted by Crippen LogP contribution is 2.41. The Labute approximate surface area is 164 Å². The molecule has 1 aromatic carbocycles. The van der Waals surface area contributed by atoms with Crippen molar-refractivity contribution in [3.05, 3.63) is 42.0 Å².